The monoisotopic (exact) mass is 311 g/mol. The van der Waals surface area contributed by atoms with E-state index < -0.39 is 0 Å². The highest BCUT2D eigenvalue weighted by molar-refractivity contribution is 9.10. The average Bonchev–Trinajstić information content (AvgIpc) is 2.40. The Kier molecular flexibility index (Phi) is 5.20. The molecule has 1 aromatic rings. The summed E-state index contributed by atoms with van der Waals surface area (Å²) in [6, 6.07) is 7.33. The van der Waals surface area contributed by atoms with E-state index in [0.717, 1.165) is 24.0 Å². The molecule has 0 spiro atoms. The molecule has 2 rings (SSSR count). The van der Waals surface area contributed by atoms with Gasteiger partial charge in [0.15, 0.2) is 0 Å². The number of hydrogen-bond acceptors (Lipinski definition) is 3. The number of rotatable bonds is 4. The van der Waals surface area contributed by atoms with Crippen molar-refractivity contribution in [1.82, 2.24) is 5.32 Å². The number of benzene rings is 1. The summed E-state index contributed by atoms with van der Waals surface area (Å²) in [5, 5.41) is 3.36. The molecular formula is C14H18BrNO2. The maximum Gasteiger partial charge on any atom is 0.311 e. The van der Waals surface area contributed by atoms with Crippen LogP contribution in [0.5, 0.6) is 5.75 Å². The second kappa shape index (κ2) is 6.90. The fourth-order valence-electron chi connectivity index (χ4n) is 2.18. The Morgan fingerprint density at radius 2 is 2.17 bits per heavy atom. The molecule has 1 saturated heterocycles. The van der Waals surface area contributed by atoms with Crippen molar-refractivity contribution in [3.8, 4) is 5.75 Å². The van der Waals surface area contributed by atoms with Crippen molar-refractivity contribution in [2.24, 2.45) is 5.92 Å². The Labute approximate surface area is 116 Å². The quantitative estimate of drug-likeness (QED) is 0.686. The summed E-state index contributed by atoms with van der Waals surface area (Å²) in [6.45, 7) is 2.14. The van der Waals surface area contributed by atoms with Gasteiger partial charge in [-0.1, -0.05) is 15.9 Å². The molecule has 1 fully saturated rings. The predicted octanol–water partition coefficient (Wildman–Crippen LogP) is 3.13. The van der Waals surface area contributed by atoms with Gasteiger partial charge in [0.05, 0.1) is 0 Å². The molecule has 0 amide bonds. The highest BCUT2D eigenvalue weighted by Crippen LogP contribution is 2.19. The van der Waals surface area contributed by atoms with Gasteiger partial charge in [-0.05, 0) is 62.5 Å². The second-order valence-corrected chi connectivity index (χ2v) is 5.59. The van der Waals surface area contributed by atoms with Crippen molar-refractivity contribution in [3.05, 3.63) is 28.7 Å². The Morgan fingerprint density at radius 1 is 1.39 bits per heavy atom. The van der Waals surface area contributed by atoms with Gasteiger partial charge in [-0.3, -0.25) is 4.79 Å². The van der Waals surface area contributed by atoms with Crippen LogP contribution in [0.4, 0.5) is 0 Å². The number of ether oxygens (including phenoxy) is 1. The molecule has 0 bridgehead atoms. The first-order valence-corrected chi connectivity index (χ1v) is 7.20. The molecule has 1 aliphatic rings. The standard InChI is InChI=1S/C14H18BrNO2/c15-12-4-6-13(7-5-12)18-14(17)8-3-11-2-1-9-16-10-11/h4-7,11,16H,1-3,8-10H2. The van der Waals surface area contributed by atoms with Crippen LogP contribution in [0.15, 0.2) is 28.7 Å². The molecule has 3 nitrogen and oxygen atoms in total. The summed E-state index contributed by atoms with van der Waals surface area (Å²) in [6.07, 6.45) is 3.86. The fourth-order valence-corrected chi connectivity index (χ4v) is 2.44. The molecule has 18 heavy (non-hydrogen) atoms. The first-order valence-electron chi connectivity index (χ1n) is 6.41. The zero-order valence-electron chi connectivity index (χ0n) is 10.3. The molecule has 4 heteroatoms. The van der Waals surface area contributed by atoms with Crippen molar-refractivity contribution in [2.75, 3.05) is 13.1 Å². The Bertz CT molecular complexity index is 385. The minimum absolute atomic E-state index is 0.136. The lowest BCUT2D eigenvalue weighted by Gasteiger charge is -2.22. The zero-order chi connectivity index (χ0) is 12.8. The van der Waals surface area contributed by atoms with Crippen LogP contribution in [-0.4, -0.2) is 19.1 Å². The Hall–Kier alpha value is -0.870. The maximum atomic E-state index is 11.7. The van der Waals surface area contributed by atoms with Crippen LogP contribution in [0.3, 0.4) is 0 Å². The molecule has 1 unspecified atom stereocenters. The van der Waals surface area contributed by atoms with Gasteiger partial charge in [0.25, 0.3) is 0 Å². The summed E-state index contributed by atoms with van der Waals surface area (Å²) in [5.41, 5.74) is 0. The third kappa shape index (κ3) is 4.42. The van der Waals surface area contributed by atoms with Crippen molar-refractivity contribution in [2.45, 2.75) is 25.7 Å². The van der Waals surface area contributed by atoms with Gasteiger partial charge < -0.3 is 10.1 Å². The predicted molar refractivity (Wildman–Crippen MR) is 74.6 cm³/mol. The van der Waals surface area contributed by atoms with Gasteiger partial charge in [-0.15, -0.1) is 0 Å². The van der Waals surface area contributed by atoms with Crippen molar-refractivity contribution in [1.29, 1.82) is 0 Å². The zero-order valence-corrected chi connectivity index (χ0v) is 11.9. The summed E-state index contributed by atoms with van der Waals surface area (Å²) >= 11 is 3.35. The number of carbonyl (C=O) groups is 1. The maximum absolute atomic E-state index is 11.7. The molecule has 1 aromatic carbocycles. The summed E-state index contributed by atoms with van der Waals surface area (Å²) in [7, 11) is 0. The molecule has 1 aliphatic heterocycles. The molecule has 0 saturated carbocycles. The summed E-state index contributed by atoms with van der Waals surface area (Å²) in [5.74, 6) is 1.10. The van der Waals surface area contributed by atoms with Crippen LogP contribution in [-0.2, 0) is 4.79 Å². The minimum Gasteiger partial charge on any atom is -0.427 e. The van der Waals surface area contributed by atoms with E-state index in [1.807, 2.05) is 12.1 Å². The van der Waals surface area contributed by atoms with Crippen LogP contribution in [0.25, 0.3) is 0 Å². The van der Waals surface area contributed by atoms with Crippen LogP contribution in [0, 0.1) is 5.92 Å². The second-order valence-electron chi connectivity index (χ2n) is 4.68. The molecule has 1 atom stereocenters. The molecule has 98 valence electrons. The van der Waals surface area contributed by atoms with Crippen LogP contribution in [0.1, 0.15) is 25.7 Å². The summed E-state index contributed by atoms with van der Waals surface area (Å²) in [4.78, 5) is 11.7. The van der Waals surface area contributed by atoms with Crippen molar-refractivity contribution in [3.63, 3.8) is 0 Å². The van der Waals surface area contributed by atoms with E-state index in [2.05, 4.69) is 21.2 Å². The molecule has 1 N–H and O–H groups in total. The SMILES string of the molecule is O=C(CCC1CCCNC1)Oc1ccc(Br)cc1. The van der Waals surface area contributed by atoms with Crippen molar-refractivity contribution >= 4 is 21.9 Å². The summed E-state index contributed by atoms with van der Waals surface area (Å²) < 4.78 is 6.26. The van der Waals surface area contributed by atoms with E-state index in [9.17, 15) is 4.79 Å². The van der Waals surface area contributed by atoms with Gasteiger partial charge in [0, 0.05) is 10.9 Å². The van der Waals surface area contributed by atoms with Crippen molar-refractivity contribution < 1.29 is 9.53 Å². The van der Waals surface area contributed by atoms with E-state index in [0.29, 0.717) is 18.1 Å². The fraction of sp³-hybridized carbons (Fsp3) is 0.500. The van der Waals surface area contributed by atoms with Crippen LogP contribution in [0.2, 0.25) is 0 Å². The van der Waals surface area contributed by atoms with E-state index in [1.54, 1.807) is 12.1 Å². The van der Waals surface area contributed by atoms with Crippen LogP contribution >= 0.6 is 15.9 Å². The van der Waals surface area contributed by atoms with E-state index >= 15 is 0 Å². The largest absolute Gasteiger partial charge is 0.427 e. The lowest BCUT2D eigenvalue weighted by Crippen LogP contribution is -2.30. The van der Waals surface area contributed by atoms with E-state index in [-0.39, 0.29) is 5.97 Å². The third-order valence-electron chi connectivity index (χ3n) is 3.20. The lowest BCUT2D eigenvalue weighted by molar-refractivity contribution is -0.134. The number of esters is 1. The van der Waals surface area contributed by atoms with Gasteiger partial charge >= 0.3 is 5.97 Å². The van der Waals surface area contributed by atoms with Gasteiger partial charge in [0.2, 0.25) is 0 Å². The van der Waals surface area contributed by atoms with Gasteiger partial charge in [0.1, 0.15) is 5.75 Å². The Balaban J connectivity index is 1.73. The van der Waals surface area contributed by atoms with Gasteiger partial charge in [-0.2, -0.15) is 0 Å². The van der Waals surface area contributed by atoms with E-state index in [4.69, 9.17) is 4.74 Å². The topological polar surface area (TPSA) is 38.3 Å². The van der Waals surface area contributed by atoms with Gasteiger partial charge in [-0.25, -0.2) is 0 Å². The number of halogens is 1. The molecule has 1 heterocycles. The molecular weight excluding hydrogens is 294 g/mol. The molecule has 0 aromatic heterocycles. The number of nitrogens with one attached hydrogen (secondary N) is 1. The lowest BCUT2D eigenvalue weighted by atomic mass is 9.95. The molecule has 0 aliphatic carbocycles. The first kappa shape index (κ1) is 13.6. The Morgan fingerprint density at radius 3 is 2.83 bits per heavy atom. The minimum atomic E-state index is -0.136. The smallest absolute Gasteiger partial charge is 0.311 e. The first-order chi connectivity index (χ1) is 8.74. The number of carbonyl (C=O) groups excluding carboxylic acids is 1. The van der Waals surface area contributed by atoms with E-state index in [1.165, 1.54) is 12.8 Å². The highest BCUT2D eigenvalue weighted by atomic mass is 79.9. The number of piperidine rings is 1. The molecule has 0 radical (unpaired) electrons. The van der Waals surface area contributed by atoms with Crippen LogP contribution < -0.4 is 10.1 Å². The third-order valence-corrected chi connectivity index (χ3v) is 3.73. The average molecular weight is 312 g/mol. The normalized spacial score (nSPS) is 19.5. The number of hydrogen-bond donors (Lipinski definition) is 1. The highest BCUT2D eigenvalue weighted by Gasteiger charge is 2.15.